The van der Waals surface area contributed by atoms with Crippen molar-refractivity contribution < 1.29 is 9.00 Å². The first-order valence-electron chi connectivity index (χ1n) is 4.71. The molecule has 2 nitrogen and oxygen atoms in total. The SMILES string of the molecule is Cc1ccc2c(c1)C(=O)CCCS2=O. The average molecular weight is 208 g/mol. The second-order valence-electron chi connectivity index (χ2n) is 3.58. The number of hydrogen-bond acceptors (Lipinski definition) is 2. The first-order valence-corrected chi connectivity index (χ1v) is 6.02. The molecule has 1 aliphatic heterocycles. The molecule has 1 atom stereocenters. The van der Waals surface area contributed by atoms with Gasteiger partial charge in [0, 0.05) is 22.6 Å². The van der Waals surface area contributed by atoms with E-state index in [0.29, 0.717) is 17.7 Å². The predicted octanol–water partition coefficient (Wildman–Crippen LogP) is 2.08. The van der Waals surface area contributed by atoms with E-state index in [4.69, 9.17) is 0 Å². The van der Waals surface area contributed by atoms with Crippen LogP contribution in [-0.4, -0.2) is 15.7 Å². The largest absolute Gasteiger partial charge is 0.294 e. The smallest absolute Gasteiger partial charge is 0.164 e. The molecule has 0 fully saturated rings. The molecular formula is C11H12O2S. The van der Waals surface area contributed by atoms with E-state index in [9.17, 15) is 9.00 Å². The Morgan fingerprint density at radius 2 is 2.14 bits per heavy atom. The third-order valence-electron chi connectivity index (χ3n) is 2.41. The van der Waals surface area contributed by atoms with Gasteiger partial charge in [0.05, 0.1) is 10.8 Å². The van der Waals surface area contributed by atoms with Crippen molar-refractivity contribution in [1.82, 2.24) is 0 Å². The standard InChI is InChI=1S/C11H12O2S/c1-8-4-5-11-9(7-8)10(12)3-2-6-14(11)13/h4-5,7H,2-3,6H2,1H3. The fourth-order valence-electron chi connectivity index (χ4n) is 1.67. The van der Waals surface area contributed by atoms with Crippen LogP contribution in [0.4, 0.5) is 0 Å². The third kappa shape index (κ3) is 1.64. The molecule has 0 saturated heterocycles. The van der Waals surface area contributed by atoms with Gasteiger partial charge in [0.1, 0.15) is 0 Å². The maximum absolute atomic E-state index is 11.7. The van der Waals surface area contributed by atoms with Gasteiger partial charge in [-0.15, -0.1) is 0 Å². The maximum atomic E-state index is 11.7. The number of hydrogen-bond donors (Lipinski definition) is 0. The highest BCUT2D eigenvalue weighted by Gasteiger charge is 2.19. The van der Waals surface area contributed by atoms with Gasteiger partial charge in [-0.1, -0.05) is 11.6 Å². The van der Waals surface area contributed by atoms with E-state index in [2.05, 4.69) is 0 Å². The molecule has 1 aliphatic rings. The highest BCUT2D eigenvalue weighted by atomic mass is 32.2. The van der Waals surface area contributed by atoms with Crippen LogP contribution in [0.5, 0.6) is 0 Å². The van der Waals surface area contributed by atoms with Gasteiger partial charge < -0.3 is 0 Å². The number of carbonyl (C=O) groups excluding carboxylic acids is 1. The normalized spacial score (nSPS) is 21.5. The fraction of sp³-hybridized carbons (Fsp3) is 0.364. The van der Waals surface area contributed by atoms with E-state index in [-0.39, 0.29) is 5.78 Å². The van der Waals surface area contributed by atoms with Gasteiger partial charge >= 0.3 is 0 Å². The molecule has 74 valence electrons. The molecule has 2 rings (SSSR count). The minimum absolute atomic E-state index is 0.134. The van der Waals surface area contributed by atoms with E-state index in [1.165, 1.54) is 0 Å². The Balaban J connectivity index is 2.60. The second-order valence-corrected chi connectivity index (χ2v) is 5.12. The molecule has 1 aromatic rings. The Labute approximate surface area is 85.8 Å². The molecule has 0 bridgehead atoms. The van der Waals surface area contributed by atoms with Gasteiger partial charge in [0.2, 0.25) is 0 Å². The summed E-state index contributed by atoms with van der Waals surface area (Å²) in [5.74, 6) is 0.747. The maximum Gasteiger partial charge on any atom is 0.164 e. The van der Waals surface area contributed by atoms with Crippen molar-refractivity contribution in [2.75, 3.05) is 5.75 Å². The highest BCUT2D eigenvalue weighted by molar-refractivity contribution is 7.85. The number of Topliss-reactive ketones (excluding diaryl/α,β-unsaturated/α-hetero) is 1. The molecule has 0 N–H and O–H groups in total. The lowest BCUT2D eigenvalue weighted by atomic mass is 10.1. The molecule has 3 heteroatoms. The molecule has 14 heavy (non-hydrogen) atoms. The molecule has 1 heterocycles. The minimum Gasteiger partial charge on any atom is -0.294 e. The number of rotatable bonds is 0. The van der Waals surface area contributed by atoms with Crippen LogP contribution in [0.1, 0.15) is 28.8 Å². The zero-order valence-electron chi connectivity index (χ0n) is 8.08. The van der Waals surface area contributed by atoms with Crippen LogP contribution in [0.2, 0.25) is 0 Å². The van der Waals surface area contributed by atoms with Crippen LogP contribution in [0.3, 0.4) is 0 Å². The topological polar surface area (TPSA) is 34.1 Å². The molecule has 0 spiro atoms. The zero-order chi connectivity index (χ0) is 10.1. The fourth-order valence-corrected chi connectivity index (χ4v) is 2.93. The molecule has 1 aromatic carbocycles. The average Bonchev–Trinajstić information content (AvgIpc) is 2.28. The van der Waals surface area contributed by atoms with Crippen molar-refractivity contribution in [2.45, 2.75) is 24.7 Å². The van der Waals surface area contributed by atoms with E-state index >= 15 is 0 Å². The molecule has 1 unspecified atom stereocenters. The summed E-state index contributed by atoms with van der Waals surface area (Å²) in [6, 6.07) is 5.58. The summed E-state index contributed by atoms with van der Waals surface area (Å²) < 4.78 is 11.7. The Bertz CT molecular complexity index is 410. The summed E-state index contributed by atoms with van der Waals surface area (Å²) in [7, 11) is -0.982. The Morgan fingerprint density at radius 1 is 1.36 bits per heavy atom. The summed E-state index contributed by atoms with van der Waals surface area (Å²) in [4.78, 5) is 12.4. The molecule has 0 aromatic heterocycles. The van der Waals surface area contributed by atoms with Crippen LogP contribution in [0, 0.1) is 6.92 Å². The second kappa shape index (κ2) is 3.65. The minimum atomic E-state index is -0.982. The van der Waals surface area contributed by atoms with Crippen LogP contribution in [0.25, 0.3) is 0 Å². The number of carbonyl (C=O) groups is 1. The molecule has 0 amide bonds. The molecule has 0 radical (unpaired) electrons. The Hall–Kier alpha value is -0.960. The zero-order valence-corrected chi connectivity index (χ0v) is 8.89. The molecule has 0 aliphatic carbocycles. The van der Waals surface area contributed by atoms with Crippen LogP contribution in [-0.2, 0) is 10.8 Å². The van der Waals surface area contributed by atoms with Crippen molar-refractivity contribution in [2.24, 2.45) is 0 Å². The number of ketones is 1. The predicted molar refractivity (Wildman–Crippen MR) is 56.0 cm³/mol. The number of fused-ring (bicyclic) bond motifs is 1. The van der Waals surface area contributed by atoms with E-state index < -0.39 is 10.8 Å². The van der Waals surface area contributed by atoms with Gasteiger partial charge in [-0.25, -0.2) is 0 Å². The van der Waals surface area contributed by atoms with Gasteiger partial charge in [0.25, 0.3) is 0 Å². The third-order valence-corrected chi connectivity index (χ3v) is 3.92. The van der Waals surface area contributed by atoms with Crippen molar-refractivity contribution in [3.8, 4) is 0 Å². The van der Waals surface area contributed by atoms with E-state index in [0.717, 1.165) is 16.9 Å². The number of benzene rings is 1. The van der Waals surface area contributed by atoms with Crippen molar-refractivity contribution in [1.29, 1.82) is 0 Å². The van der Waals surface area contributed by atoms with Crippen molar-refractivity contribution in [3.63, 3.8) is 0 Å². The van der Waals surface area contributed by atoms with Gasteiger partial charge in [-0.3, -0.25) is 9.00 Å². The first kappa shape index (κ1) is 9.59. The monoisotopic (exact) mass is 208 g/mol. The van der Waals surface area contributed by atoms with Gasteiger partial charge in [0.15, 0.2) is 5.78 Å². The Morgan fingerprint density at radius 3 is 2.93 bits per heavy atom. The van der Waals surface area contributed by atoms with Crippen LogP contribution < -0.4 is 0 Å². The summed E-state index contributed by atoms with van der Waals surface area (Å²) in [6.07, 6.45) is 1.27. The first-order chi connectivity index (χ1) is 6.68. The van der Waals surface area contributed by atoms with Crippen molar-refractivity contribution >= 4 is 16.6 Å². The number of aryl methyl sites for hydroxylation is 1. The van der Waals surface area contributed by atoms with Gasteiger partial charge in [-0.05, 0) is 25.5 Å². The summed E-state index contributed by atoms with van der Waals surface area (Å²) in [6.45, 7) is 1.95. The summed E-state index contributed by atoms with van der Waals surface area (Å²) in [5, 5.41) is 0. The molecular weight excluding hydrogens is 196 g/mol. The van der Waals surface area contributed by atoms with Crippen molar-refractivity contribution in [3.05, 3.63) is 29.3 Å². The van der Waals surface area contributed by atoms with E-state index in [1.54, 1.807) is 0 Å². The lowest BCUT2D eigenvalue weighted by molar-refractivity contribution is 0.0980. The summed E-state index contributed by atoms with van der Waals surface area (Å²) in [5.41, 5.74) is 1.72. The summed E-state index contributed by atoms with van der Waals surface area (Å²) >= 11 is 0. The van der Waals surface area contributed by atoms with Gasteiger partial charge in [-0.2, -0.15) is 0 Å². The van der Waals surface area contributed by atoms with Crippen LogP contribution >= 0.6 is 0 Å². The lowest BCUT2D eigenvalue weighted by Gasteiger charge is -2.04. The van der Waals surface area contributed by atoms with Crippen LogP contribution in [0.15, 0.2) is 23.1 Å². The Kier molecular flexibility index (Phi) is 2.50. The highest BCUT2D eigenvalue weighted by Crippen LogP contribution is 2.22. The lowest BCUT2D eigenvalue weighted by Crippen LogP contribution is -2.01. The van der Waals surface area contributed by atoms with E-state index in [1.807, 2.05) is 25.1 Å². The molecule has 0 saturated carbocycles. The quantitative estimate of drug-likeness (QED) is 0.654.